The van der Waals surface area contributed by atoms with Crippen molar-refractivity contribution in [3.05, 3.63) is 54.4 Å². The predicted octanol–water partition coefficient (Wildman–Crippen LogP) is 3.41. The van der Waals surface area contributed by atoms with Gasteiger partial charge in [-0.25, -0.2) is 9.37 Å². The van der Waals surface area contributed by atoms with Crippen LogP contribution in [-0.4, -0.2) is 14.4 Å². The molecule has 0 spiro atoms. The molecular formula is C15H12FN3. The zero-order valence-electron chi connectivity index (χ0n) is 10.3. The first-order valence-corrected chi connectivity index (χ1v) is 6.41. The molecule has 0 bridgehead atoms. The summed E-state index contributed by atoms with van der Waals surface area (Å²) in [4.78, 5) is 9.10. The standard InChI is InChI=1S/C15H12FN3/c16-12-5-3-10(4-6-12)13-9-19-8-7-17-14(11-1-2-11)15(19)18-13/h3-9,11H,1-2H2. The van der Waals surface area contributed by atoms with E-state index < -0.39 is 0 Å². The Hall–Kier alpha value is -2.23. The van der Waals surface area contributed by atoms with Crippen molar-refractivity contribution < 1.29 is 4.39 Å². The molecular weight excluding hydrogens is 241 g/mol. The molecule has 4 heteroatoms. The molecule has 94 valence electrons. The quantitative estimate of drug-likeness (QED) is 0.700. The molecule has 0 atom stereocenters. The van der Waals surface area contributed by atoms with Gasteiger partial charge in [0.1, 0.15) is 5.82 Å². The van der Waals surface area contributed by atoms with Crippen molar-refractivity contribution in [1.29, 1.82) is 0 Å². The van der Waals surface area contributed by atoms with E-state index in [0.29, 0.717) is 5.92 Å². The number of benzene rings is 1. The highest BCUT2D eigenvalue weighted by atomic mass is 19.1. The van der Waals surface area contributed by atoms with E-state index in [9.17, 15) is 4.39 Å². The maximum atomic E-state index is 12.9. The summed E-state index contributed by atoms with van der Waals surface area (Å²) in [7, 11) is 0. The zero-order valence-corrected chi connectivity index (χ0v) is 10.3. The molecule has 19 heavy (non-hydrogen) atoms. The summed E-state index contributed by atoms with van der Waals surface area (Å²) < 4.78 is 14.9. The molecule has 2 heterocycles. The van der Waals surface area contributed by atoms with E-state index in [-0.39, 0.29) is 5.82 Å². The molecule has 1 aliphatic rings. The van der Waals surface area contributed by atoms with Crippen LogP contribution in [0.1, 0.15) is 24.5 Å². The maximum Gasteiger partial charge on any atom is 0.159 e. The highest BCUT2D eigenvalue weighted by Crippen LogP contribution is 2.40. The van der Waals surface area contributed by atoms with Gasteiger partial charge in [0.05, 0.1) is 11.4 Å². The molecule has 1 aromatic carbocycles. The lowest BCUT2D eigenvalue weighted by Gasteiger charge is -1.98. The smallest absolute Gasteiger partial charge is 0.159 e. The van der Waals surface area contributed by atoms with Crippen LogP contribution in [0.3, 0.4) is 0 Å². The summed E-state index contributed by atoms with van der Waals surface area (Å²) in [5, 5.41) is 0. The second kappa shape index (κ2) is 3.88. The Morgan fingerprint density at radius 3 is 2.68 bits per heavy atom. The van der Waals surface area contributed by atoms with E-state index in [1.807, 2.05) is 23.0 Å². The summed E-state index contributed by atoms with van der Waals surface area (Å²) in [5.74, 6) is 0.333. The van der Waals surface area contributed by atoms with Crippen LogP contribution in [0.2, 0.25) is 0 Å². The minimum absolute atomic E-state index is 0.229. The van der Waals surface area contributed by atoms with Gasteiger partial charge in [0.2, 0.25) is 0 Å². The van der Waals surface area contributed by atoms with Crippen molar-refractivity contribution in [2.24, 2.45) is 0 Å². The third-order valence-electron chi connectivity index (χ3n) is 3.51. The Morgan fingerprint density at radius 2 is 1.95 bits per heavy atom. The monoisotopic (exact) mass is 253 g/mol. The molecule has 3 nitrogen and oxygen atoms in total. The van der Waals surface area contributed by atoms with Crippen LogP contribution in [0, 0.1) is 5.82 Å². The minimum atomic E-state index is -0.229. The van der Waals surface area contributed by atoms with Gasteiger partial charge < -0.3 is 4.40 Å². The average molecular weight is 253 g/mol. The summed E-state index contributed by atoms with van der Waals surface area (Å²) in [5.41, 5.74) is 3.78. The Kier molecular flexibility index (Phi) is 2.18. The summed E-state index contributed by atoms with van der Waals surface area (Å²) in [6, 6.07) is 6.42. The second-order valence-electron chi connectivity index (χ2n) is 4.95. The number of fused-ring (bicyclic) bond motifs is 1. The second-order valence-corrected chi connectivity index (χ2v) is 4.95. The highest BCUT2D eigenvalue weighted by Gasteiger charge is 2.28. The first-order chi connectivity index (χ1) is 9.31. The lowest BCUT2D eigenvalue weighted by atomic mass is 10.2. The number of aromatic nitrogens is 3. The Labute approximate surface area is 109 Å². The van der Waals surface area contributed by atoms with E-state index in [2.05, 4.69) is 9.97 Å². The van der Waals surface area contributed by atoms with Gasteiger partial charge in [0.15, 0.2) is 5.65 Å². The highest BCUT2D eigenvalue weighted by molar-refractivity contribution is 5.64. The van der Waals surface area contributed by atoms with Crippen molar-refractivity contribution in [3.63, 3.8) is 0 Å². The Balaban J connectivity index is 1.87. The van der Waals surface area contributed by atoms with E-state index >= 15 is 0 Å². The van der Waals surface area contributed by atoms with Crippen LogP contribution in [0.5, 0.6) is 0 Å². The van der Waals surface area contributed by atoms with Gasteiger partial charge in [-0.3, -0.25) is 4.98 Å². The number of hydrogen-bond acceptors (Lipinski definition) is 2. The first-order valence-electron chi connectivity index (χ1n) is 6.41. The zero-order chi connectivity index (χ0) is 12.8. The van der Waals surface area contributed by atoms with E-state index in [1.165, 1.54) is 25.0 Å². The molecule has 0 saturated heterocycles. The van der Waals surface area contributed by atoms with Crippen LogP contribution in [-0.2, 0) is 0 Å². The molecule has 0 unspecified atom stereocenters. The number of imidazole rings is 1. The van der Waals surface area contributed by atoms with Crippen molar-refractivity contribution in [1.82, 2.24) is 14.4 Å². The first kappa shape index (κ1) is 10.7. The lowest BCUT2D eigenvalue weighted by molar-refractivity contribution is 0.628. The number of rotatable bonds is 2. The fourth-order valence-electron chi connectivity index (χ4n) is 2.34. The SMILES string of the molecule is Fc1ccc(-c2cn3ccnc(C4CC4)c3n2)cc1. The fraction of sp³-hybridized carbons (Fsp3) is 0.200. The van der Waals surface area contributed by atoms with E-state index in [0.717, 1.165) is 22.6 Å². The Morgan fingerprint density at radius 1 is 1.16 bits per heavy atom. The number of hydrogen-bond donors (Lipinski definition) is 0. The Bertz CT molecular complexity index is 742. The van der Waals surface area contributed by atoms with Crippen LogP contribution in [0.25, 0.3) is 16.9 Å². The van der Waals surface area contributed by atoms with Gasteiger partial charge in [-0.2, -0.15) is 0 Å². The van der Waals surface area contributed by atoms with Crippen molar-refractivity contribution in [3.8, 4) is 11.3 Å². The molecule has 4 rings (SSSR count). The van der Waals surface area contributed by atoms with Gasteiger partial charge in [-0.1, -0.05) is 0 Å². The van der Waals surface area contributed by atoms with Gasteiger partial charge in [0.25, 0.3) is 0 Å². The van der Waals surface area contributed by atoms with Gasteiger partial charge >= 0.3 is 0 Å². The van der Waals surface area contributed by atoms with Crippen LogP contribution < -0.4 is 0 Å². The van der Waals surface area contributed by atoms with Crippen LogP contribution >= 0.6 is 0 Å². The number of halogens is 1. The molecule has 0 amide bonds. The molecule has 0 radical (unpaired) electrons. The molecule has 1 aliphatic carbocycles. The number of nitrogens with zero attached hydrogens (tertiary/aromatic N) is 3. The summed E-state index contributed by atoms with van der Waals surface area (Å²) in [6.45, 7) is 0. The van der Waals surface area contributed by atoms with Crippen molar-refractivity contribution >= 4 is 5.65 Å². The normalized spacial score (nSPS) is 15.0. The molecule has 2 aromatic heterocycles. The van der Waals surface area contributed by atoms with Gasteiger partial charge in [-0.05, 0) is 37.1 Å². The van der Waals surface area contributed by atoms with Crippen molar-refractivity contribution in [2.75, 3.05) is 0 Å². The van der Waals surface area contributed by atoms with Crippen LogP contribution in [0.4, 0.5) is 4.39 Å². The van der Waals surface area contributed by atoms with E-state index in [4.69, 9.17) is 0 Å². The molecule has 1 saturated carbocycles. The predicted molar refractivity (Wildman–Crippen MR) is 70.4 cm³/mol. The van der Waals surface area contributed by atoms with E-state index in [1.54, 1.807) is 12.1 Å². The molecule has 3 aromatic rings. The third-order valence-corrected chi connectivity index (χ3v) is 3.51. The lowest BCUT2D eigenvalue weighted by Crippen LogP contribution is -1.92. The van der Waals surface area contributed by atoms with Crippen LogP contribution in [0.15, 0.2) is 42.9 Å². The average Bonchev–Trinajstić information content (AvgIpc) is 3.17. The summed E-state index contributed by atoms with van der Waals surface area (Å²) in [6.07, 6.45) is 8.09. The topological polar surface area (TPSA) is 30.2 Å². The van der Waals surface area contributed by atoms with Crippen molar-refractivity contribution in [2.45, 2.75) is 18.8 Å². The fourth-order valence-corrected chi connectivity index (χ4v) is 2.34. The van der Waals surface area contributed by atoms with Gasteiger partial charge in [-0.15, -0.1) is 0 Å². The summed E-state index contributed by atoms with van der Waals surface area (Å²) >= 11 is 0. The maximum absolute atomic E-state index is 12.9. The third kappa shape index (κ3) is 1.80. The molecule has 0 N–H and O–H groups in total. The molecule has 0 aliphatic heterocycles. The minimum Gasteiger partial charge on any atom is -0.303 e. The molecule has 1 fully saturated rings. The van der Waals surface area contributed by atoms with Gasteiger partial charge in [0, 0.05) is 30.1 Å². The largest absolute Gasteiger partial charge is 0.303 e.